The van der Waals surface area contributed by atoms with Crippen molar-refractivity contribution in [3.63, 3.8) is 0 Å². The van der Waals surface area contributed by atoms with Crippen molar-refractivity contribution in [1.29, 1.82) is 0 Å². The first-order chi connectivity index (χ1) is 9.29. The Morgan fingerprint density at radius 3 is 2.53 bits per heavy atom. The van der Waals surface area contributed by atoms with Crippen LogP contribution in [0.5, 0.6) is 5.75 Å². The Hall–Kier alpha value is -1.84. The highest BCUT2D eigenvalue weighted by molar-refractivity contribution is 5.30. The van der Waals surface area contributed by atoms with E-state index in [2.05, 4.69) is 0 Å². The molecule has 2 rings (SSSR count). The number of hydrogen-bond donors (Lipinski definition) is 2. The Labute approximate surface area is 113 Å². The molecule has 100 valence electrons. The minimum Gasteiger partial charge on any atom is -0.489 e. The van der Waals surface area contributed by atoms with Gasteiger partial charge in [-0.1, -0.05) is 42.5 Å². The predicted molar refractivity (Wildman–Crippen MR) is 73.9 cm³/mol. The van der Waals surface area contributed by atoms with E-state index in [4.69, 9.17) is 9.84 Å². The summed E-state index contributed by atoms with van der Waals surface area (Å²) < 4.78 is 5.69. The van der Waals surface area contributed by atoms with Gasteiger partial charge in [0.05, 0.1) is 6.10 Å². The van der Waals surface area contributed by atoms with Crippen molar-refractivity contribution in [2.24, 2.45) is 0 Å². The van der Waals surface area contributed by atoms with Crippen LogP contribution in [0.25, 0.3) is 0 Å². The Kier molecular flexibility index (Phi) is 4.95. The van der Waals surface area contributed by atoms with Crippen molar-refractivity contribution >= 4 is 0 Å². The van der Waals surface area contributed by atoms with Gasteiger partial charge in [-0.05, 0) is 23.3 Å². The standard InChI is InChI=1S/C16H18O3/c17-10-9-16(18)14-7-4-8-15(11-14)19-12-13-5-2-1-3-6-13/h1-8,11,16-18H,9-10,12H2. The number of rotatable bonds is 6. The minimum atomic E-state index is -0.648. The van der Waals surface area contributed by atoms with Gasteiger partial charge in [-0.15, -0.1) is 0 Å². The van der Waals surface area contributed by atoms with Gasteiger partial charge in [0, 0.05) is 13.0 Å². The van der Waals surface area contributed by atoms with Crippen LogP contribution in [-0.2, 0) is 6.61 Å². The van der Waals surface area contributed by atoms with Crippen molar-refractivity contribution < 1.29 is 14.9 Å². The quantitative estimate of drug-likeness (QED) is 0.837. The minimum absolute atomic E-state index is 0.0315. The summed E-state index contributed by atoms with van der Waals surface area (Å²) in [6.45, 7) is 0.469. The predicted octanol–water partition coefficient (Wildman–Crippen LogP) is 2.68. The molecule has 0 amide bonds. The SMILES string of the molecule is OCCC(O)c1cccc(OCc2ccccc2)c1. The summed E-state index contributed by atoms with van der Waals surface area (Å²) in [5, 5.41) is 18.6. The number of ether oxygens (including phenoxy) is 1. The zero-order valence-electron chi connectivity index (χ0n) is 10.7. The summed E-state index contributed by atoms with van der Waals surface area (Å²) in [7, 11) is 0. The van der Waals surface area contributed by atoms with Gasteiger partial charge < -0.3 is 14.9 Å². The number of benzene rings is 2. The molecule has 1 atom stereocenters. The molecule has 0 saturated carbocycles. The fourth-order valence-electron chi connectivity index (χ4n) is 1.84. The molecule has 3 nitrogen and oxygen atoms in total. The molecule has 0 radical (unpaired) electrons. The molecule has 2 aromatic rings. The largest absolute Gasteiger partial charge is 0.489 e. The summed E-state index contributed by atoms with van der Waals surface area (Å²) in [4.78, 5) is 0. The highest BCUT2D eigenvalue weighted by Gasteiger charge is 2.07. The lowest BCUT2D eigenvalue weighted by molar-refractivity contribution is 0.134. The van der Waals surface area contributed by atoms with Crippen LogP contribution in [0.2, 0.25) is 0 Å². The van der Waals surface area contributed by atoms with Crippen molar-refractivity contribution in [3.05, 3.63) is 65.7 Å². The van der Waals surface area contributed by atoms with Gasteiger partial charge in [-0.25, -0.2) is 0 Å². The molecule has 0 aliphatic rings. The number of aliphatic hydroxyl groups is 2. The van der Waals surface area contributed by atoms with Gasteiger partial charge in [0.25, 0.3) is 0 Å². The lowest BCUT2D eigenvalue weighted by Crippen LogP contribution is -2.01. The zero-order valence-corrected chi connectivity index (χ0v) is 10.7. The molecule has 19 heavy (non-hydrogen) atoms. The molecule has 0 aliphatic carbocycles. The smallest absolute Gasteiger partial charge is 0.120 e. The summed E-state index contributed by atoms with van der Waals surface area (Å²) in [5.74, 6) is 0.721. The Balaban J connectivity index is 1.99. The molecule has 1 unspecified atom stereocenters. The second kappa shape index (κ2) is 6.92. The van der Waals surface area contributed by atoms with Gasteiger partial charge in [0.15, 0.2) is 0 Å². The summed E-state index contributed by atoms with van der Waals surface area (Å²) in [6, 6.07) is 17.3. The van der Waals surface area contributed by atoms with Crippen LogP contribution in [0.4, 0.5) is 0 Å². The molecule has 0 aromatic heterocycles. The molecule has 0 saturated heterocycles. The lowest BCUT2D eigenvalue weighted by atomic mass is 10.1. The van der Waals surface area contributed by atoms with Crippen molar-refractivity contribution in [2.45, 2.75) is 19.1 Å². The fourth-order valence-corrected chi connectivity index (χ4v) is 1.84. The number of hydrogen-bond acceptors (Lipinski definition) is 3. The van der Waals surface area contributed by atoms with Gasteiger partial charge >= 0.3 is 0 Å². The van der Waals surface area contributed by atoms with E-state index in [1.54, 1.807) is 0 Å². The maximum Gasteiger partial charge on any atom is 0.120 e. The van der Waals surface area contributed by atoms with E-state index < -0.39 is 6.10 Å². The third kappa shape index (κ3) is 4.09. The third-order valence-electron chi connectivity index (χ3n) is 2.89. The van der Waals surface area contributed by atoms with E-state index in [-0.39, 0.29) is 6.61 Å². The topological polar surface area (TPSA) is 49.7 Å². The molecule has 3 heteroatoms. The monoisotopic (exact) mass is 258 g/mol. The lowest BCUT2D eigenvalue weighted by Gasteiger charge is -2.12. The van der Waals surface area contributed by atoms with Crippen LogP contribution in [0, 0.1) is 0 Å². The molecule has 2 N–H and O–H groups in total. The van der Waals surface area contributed by atoms with Crippen LogP contribution in [-0.4, -0.2) is 16.8 Å². The van der Waals surface area contributed by atoms with Gasteiger partial charge in [-0.3, -0.25) is 0 Å². The molecule has 2 aromatic carbocycles. The first kappa shape index (κ1) is 13.6. The first-order valence-corrected chi connectivity index (χ1v) is 6.35. The number of aliphatic hydroxyl groups excluding tert-OH is 2. The van der Waals surface area contributed by atoms with Crippen molar-refractivity contribution in [3.8, 4) is 5.75 Å². The average molecular weight is 258 g/mol. The normalized spacial score (nSPS) is 12.1. The maximum atomic E-state index is 9.81. The van der Waals surface area contributed by atoms with Crippen molar-refractivity contribution in [2.75, 3.05) is 6.61 Å². The molecule has 0 aliphatic heterocycles. The molecule has 0 spiro atoms. The van der Waals surface area contributed by atoms with Crippen LogP contribution in [0.3, 0.4) is 0 Å². The van der Waals surface area contributed by atoms with Gasteiger partial charge in [0.2, 0.25) is 0 Å². The second-order valence-corrected chi connectivity index (χ2v) is 4.37. The van der Waals surface area contributed by atoms with Gasteiger partial charge in [0.1, 0.15) is 12.4 Å². The van der Waals surface area contributed by atoms with Crippen LogP contribution in [0.1, 0.15) is 23.7 Å². The van der Waals surface area contributed by atoms with E-state index in [1.807, 2.05) is 54.6 Å². The Morgan fingerprint density at radius 2 is 1.79 bits per heavy atom. The van der Waals surface area contributed by atoms with E-state index in [9.17, 15) is 5.11 Å². The average Bonchev–Trinajstić information content (AvgIpc) is 2.47. The summed E-state index contributed by atoms with van der Waals surface area (Å²) in [5.41, 5.74) is 1.86. The second-order valence-electron chi connectivity index (χ2n) is 4.37. The molecular formula is C16H18O3. The Morgan fingerprint density at radius 1 is 1.00 bits per heavy atom. The van der Waals surface area contributed by atoms with E-state index in [0.717, 1.165) is 16.9 Å². The van der Waals surface area contributed by atoms with Crippen molar-refractivity contribution in [1.82, 2.24) is 0 Å². The maximum absolute atomic E-state index is 9.81. The fraction of sp³-hybridized carbons (Fsp3) is 0.250. The highest BCUT2D eigenvalue weighted by Crippen LogP contribution is 2.22. The van der Waals surface area contributed by atoms with E-state index in [1.165, 1.54) is 0 Å². The van der Waals surface area contributed by atoms with Crippen LogP contribution in [0.15, 0.2) is 54.6 Å². The van der Waals surface area contributed by atoms with E-state index >= 15 is 0 Å². The summed E-state index contributed by atoms with van der Waals surface area (Å²) >= 11 is 0. The first-order valence-electron chi connectivity index (χ1n) is 6.35. The zero-order chi connectivity index (χ0) is 13.5. The molecule has 0 bridgehead atoms. The van der Waals surface area contributed by atoms with Gasteiger partial charge in [-0.2, -0.15) is 0 Å². The summed E-state index contributed by atoms with van der Waals surface area (Å²) in [6.07, 6.45) is -0.312. The molecular weight excluding hydrogens is 240 g/mol. The van der Waals surface area contributed by atoms with E-state index in [0.29, 0.717) is 13.0 Å². The molecule has 0 heterocycles. The Bertz CT molecular complexity index is 496. The van der Waals surface area contributed by atoms with Crippen LogP contribution < -0.4 is 4.74 Å². The third-order valence-corrected chi connectivity index (χ3v) is 2.89. The van der Waals surface area contributed by atoms with Crippen LogP contribution >= 0.6 is 0 Å². The highest BCUT2D eigenvalue weighted by atomic mass is 16.5. The molecule has 0 fully saturated rings.